The van der Waals surface area contributed by atoms with Gasteiger partial charge >= 0.3 is 5.97 Å². The normalized spacial score (nSPS) is 11.4. The second-order valence-corrected chi connectivity index (χ2v) is 7.98. The largest absolute Gasteiger partial charge is 0.496 e. The van der Waals surface area contributed by atoms with E-state index in [9.17, 15) is 13.2 Å². The smallest absolute Gasteiger partial charge is 0.338 e. The van der Waals surface area contributed by atoms with E-state index in [4.69, 9.17) is 21.1 Å². The van der Waals surface area contributed by atoms with Crippen LogP contribution in [0.5, 0.6) is 5.75 Å². The van der Waals surface area contributed by atoms with Crippen molar-refractivity contribution >= 4 is 27.6 Å². The molecule has 8 heteroatoms. The standard InChI is InChI=1S/C18H20ClNO5S/c1-12(2)20-26(22,23)16-7-4-13(5-8-16)18(21)25-11-14-10-15(19)6-9-17(14)24-3/h4-10,12,20H,11H2,1-3H3. The summed E-state index contributed by atoms with van der Waals surface area (Å²) in [6.45, 7) is 3.44. The molecule has 0 atom stereocenters. The Bertz CT molecular complexity index is 879. The van der Waals surface area contributed by atoms with Gasteiger partial charge in [0, 0.05) is 16.6 Å². The summed E-state index contributed by atoms with van der Waals surface area (Å²) in [5.74, 6) is -0.0174. The first-order valence-electron chi connectivity index (χ1n) is 7.85. The molecule has 2 aromatic rings. The fourth-order valence-electron chi connectivity index (χ4n) is 2.24. The van der Waals surface area contributed by atoms with Crippen molar-refractivity contribution in [2.45, 2.75) is 31.4 Å². The number of nitrogens with one attached hydrogen (secondary N) is 1. The van der Waals surface area contributed by atoms with Crippen LogP contribution < -0.4 is 9.46 Å². The number of benzene rings is 2. The van der Waals surface area contributed by atoms with Crippen LogP contribution in [0.4, 0.5) is 0 Å². The molecule has 0 saturated carbocycles. The molecule has 26 heavy (non-hydrogen) atoms. The van der Waals surface area contributed by atoms with Crippen molar-refractivity contribution in [3.05, 3.63) is 58.6 Å². The molecule has 0 radical (unpaired) electrons. The monoisotopic (exact) mass is 397 g/mol. The number of carbonyl (C=O) groups is 1. The number of sulfonamides is 1. The van der Waals surface area contributed by atoms with E-state index in [1.807, 2.05) is 0 Å². The molecule has 2 rings (SSSR count). The van der Waals surface area contributed by atoms with Gasteiger partial charge in [-0.2, -0.15) is 0 Å². The van der Waals surface area contributed by atoms with Gasteiger partial charge in [0.25, 0.3) is 0 Å². The zero-order valence-corrected chi connectivity index (χ0v) is 16.2. The Morgan fingerprint density at radius 1 is 1.15 bits per heavy atom. The third kappa shape index (κ3) is 5.20. The first-order valence-corrected chi connectivity index (χ1v) is 9.71. The minimum absolute atomic E-state index is 0.0163. The molecule has 0 aliphatic rings. The summed E-state index contributed by atoms with van der Waals surface area (Å²) < 4.78 is 37.1. The van der Waals surface area contributed by atoms with Crippen LogP contribution in [-0.2, 0) is 21.4 Å². The molecule has 0 heterocycles. The van der Waals surface area contributed by atoms with Crippen molar-refractivity contribution in [2.75, 3.05) is 7.11 Å². The van der Waals surface area contributed by atoms with Crippen molar-refractivity contribution in [2.24, 2.45) is 0 Å². The Morgan fingerprint density at radius 3 is 2.38 bits per heavy atom. The highest BCUT2D eigenvalue weighted by molar-refractivity contribution is 7.89. The molecule has 0 saturated heterocycles. The summed E-state index contributed by atoms with van der Waals surface area (Å²) >= 11 is 5.94. The van der Waals surface area contributed by atoms with Crippen LogP contribution in [0.1, 0.15) is 29.8 Å². The average molecular weight is 398 g/mol. The molecule has 140 valence electrons. The Kier molecular flexibility index (Phi) is 6.63. The Balaban J connectivity index is 2.08. The predicted octanol–water partition coefficient (Wildman–Crippen LogP) is 3.39. The maximum Gasteiger partial charge on any atom is 0.338 e. The number of carbonyl (C=O) groups excluding carboxylic acids is 1. The summed E-state index contributed by atoms with van der Waals surface area (Å²) in [6.07, 6.45) is 0. The van der Waals surface area contributed by atoms with E-state index in [0.717, 1.165) is 0 Å². The van der Waals surface area contributed by atoms with Gasteiger partial charge in [-0.05, 0) is 56.3 Å². The molecule has 0 fully saturated rings. The minimum Gasteiger partial charge on any atom is -0.496 e. The molecular weight excluding hydrogens is 378 g/mol. The number of hydrogen-bond acceptors (Lipinski definition) is 5. The lowest BCUT2D eigenvalue weighted by atomic mass is 10.2. The van der Waals surface area contributed by atoms with Crippen LogP contribution in [0.15, 0.2) is 47.4 Å². The molecule has 0 aromatic heterocycles. The van der Waals surface area contributed by atoms with Crippen molar-refractivity contribution in [3.8, 4) is 5.75 Å². The van der Waals surface area contributed by atoms with Crippen LogP contribution >= 0.6 is 11.6 Å². The van der Waals surface area contributed by atoms with Crippen molar-refractivity contribution in [3.63, 3.8) is 0 Å². The van der Waals surface area contributed by atoms with E-state index in [2.05, 4.69) is 4.72 Å². The second-order valence-electron chi connectivity index (χ2n) is 5.83. The Morgan fingerprint density at radius 2 is 1.81 bits per heavy atom. The lowest BCUT2D eigenvalue weighted by Gasteiger charge is -2.11. The van der Waals surface area contributed by atoms with Gasteiger partial charge in [0.1, 0.15) is 12.4 Å². The van der Waals surface area contributed by atoms with Gasteiger partial charge in [0.2, 0.25) is 10.0 Å². The highest BCUT2D eigenvalue weighted by Crippen LogP contribution is 2.23. The maximum absolute atomic E-state index is 12.2. The molecule has 0 bridgehead atoms. The lowest BCUT2D eigenvalue weighted by Crippen LogP contribution is -2.30. The lowest BCUT2D eigenvalue weighted by molar-refractivity contribution is 0.0470. The number of esters is 1. The highest BCUT2D eigenvalue weighted by Gasteiger charge is 2.16. The zero-order valence-electron chi connectivity index (χ0n) is 14.7. The number of methoxy groups -OCH3 is 1. The van der Waals surface area contributed by atoms with Gasteiger partial charge in [-0.25, -0.2) is 17.9 Å². The topological polar surface area (TPSA) is 81.7 Å². The molecule has 0 aliphatic heterocycles. The van der Waals surface area contributed by atoms with Crippen LogP contribution in [-0.4, -0.2) is 27.5 Å². The number of ether oxygens (including phenoxy) is 2. The molecule has 0 amide bonds. The predicted molar refractivity (Wildman–Crippen MR) is 99.0 cm³/mol. The first kappa shape index (κ1) is 20.2. The van der Waals surface area contributed by atoms with E-state index in [1.165, 1.54) is 31.4 Å². The molecule has 0 aliphatic carbocycles. The van der Waals surface area contributed by atoms with Crippen LogP contribution in [0.25, 0.3) is 0 Å². The fourth-order valence-corrected chi connectivity index (χ4v) is 3.68. The third-order valence-electron chi connectivity index (χ3n) is 3.39. The highest BCUT2D eigenvalue weighted by atomic mass is 35.5. The van der Waals surface area contributed by atoms with Crippen molar-refractivity contribution in [1.29, 1.82) is 0 Å². The van der Waals surface area contributed by atoms with E-state index in [0.29, 0.717) is 16.3 Å². The summed E-state index contributed by atoms with van der Waals surface area (Å²) in [6, 6.07) is 10.3. The number of hydrogen-bond donors (Lipinski definition) is 1. The molecule has 0 unspecified atom stereocenters. The molecule has 2 aromatic carbocycles. The Hall–Kier alpha value is -2.09. The maximum atomic E-state index is 12.2. The number of rotatable bonds is 7. The summed E-state index contributed by atoms with van der Waals surface area (Å²) in [4.78, 5) is 12.3. The van der Waals surface area contributed by atoms with Gasteiger partial charge in [-0.15, -0.1) is 0 Å². The summed E-state index contributed by atoms with van der Waals surface area (Å²) in [7, 11) is -2.09. The summed E-state index contributed by atoms with van der Waals surface area (Å²) in [5, 5.41) is 0.504. The van der Waals surface area contributed by atoms with Gasteiger partial charge in [0.15, 0.2) is 0 Å². The van der Waals surface area contributed by atoms with Gasteiger partial charge < -0.3 is 9.47 Å². The molecule has 6 nitrogen and oxygen atoms in total. The van der Waals surface area contributed by atoms with Gasteiger partial charge in [0.05, 0.1) is 17.6 Å². The van der Waals surface area contributed by atoms with Gasteiger partial charge in [-0.3, -0.25) is 0 Å². The summed E-state index contributed by atoms with van der Waals surface area (Å²) in [5.41, 5.74) is 0.878. The third-order valence-corrected chi connectivity index (χ3v) is 5.30. The minimum atomic E-state index is -3.60. The van der Waals surface area contributed by atoms with Gasteiger partial charge in [-0.1, -0.05) is 11.6 Å². The van der Waals surface area contributed by atoms with E-state index in [-0.39, 0.29) is 23.1 Å². The Labute approximate surface area is 158 Å². The molecule has 1 N–H and O–H groups in total. The fraction of sp³-hybridized carbons (Fsp3) is 0.278. The van der Waals surface area contributed by atoms with Crippen LogP contribution in [0.3, 0.4) is 0 Å². The van der Waals surface area contributed by atoms with Crippen molar-refractivity contribution in [1.82, 2.24) is 4.72 Å². The average Bonchev–Trinajstić information content (AvgIpc) is 2.59. The zero-order chi connectivity index (χ0) is 19.3. The molecular formula is C18H20ClNO5S. The SMILES string of the molecule is COc1ccc(Cl)cc1COC(=O)c1ccc(S(=O)(=O)NC(C)C)cc1. The second kappa shape index (κ2) is 8.53. The quantitative estimate of drug-likeness (QED) is 0.724. The van der Waals surface area contributed by atoms with Crippen LogP contribution in [0.2, 0.25) is 5.02 Å². The van der Waals surface area contributed by atoms with Crippen LogP contribution in [0, 0.1) is 0 Å². The van der Waals surface area contributed by atoms with E-state index < -0.39 is 16.0 Å². The van der Waals surface area contributed by atoms with Crippen molar-refractivity contribution < 1.29 is 22.7 Å². The van der Waals surface area contributed by atoms with E-state index in [1.54, 1.807) is 32.0 Å². The van der Waals surface area contributed by atoms with E-state index >= 15 is 0 Å². The molecule has 0 spiro atoms. The number of halogens is 1. The first-order chi connectivity index (χ1) is 12.2.